The third-order valence-electron chi connectivity index (χ3n) is 7.26. The van der Waals surface area contributed by atoms with Gasteiger partial charge in [0.1, 0.15) is 0 Å². The van der Waals surface area contributed by atoms with Gasteiger partial charge in [-0.2, -0.15) is 9.41 Å². The molecule has 1 unspecified atom stereocenters. The van der Waals surface area contributed by atoms with Gasteiger partial charge in [0.2, 0.25) is 15.2 Å². The van der Waals surface area contributed by atoms with Crippen molar-refractivity contribution in [1.82, 2.24) is 9.29 Å². The van der Waals surface area contributed by atoms with Gasteiger partial charge in [0.15, 0.2) is 11.6 Å². The highest BCUT2D eigenvalue weighted by molar-refractivity contribution is 8.93. The summed E-state index contributed by atoms with van der Waals surface area (Å²) < 4.78 is 47.0. The van der Waals surface area contributed by atoms with Crippen molar-refractivity contribution in [2.24, 2.45) is 5.10 Å². The molecule has 13 heteroatoms. The summed E-state index contributed by atoms with van der Waals surface area (Å²) in [4.78, 5) is 5.12. The van der Waals surface area contributed by atoms with Crippen LogP contribution in [0.15, 0.2) is 76.0 Å². The second-order valence-corrected chi connectivity index (χ2v) is 13.4. The number of methoxy groups -OCH3 is 1. The molecule has 3 aromatic carbocycles. The van der Waals surface area contributed by atoms with E-state index >= 15 is 0 Å². The number of aromatic nitrogens is 1. The highest BCUT2D eigenvalue weighted by Crippen LogP contribution is 2.42. The van der Waals surface area contributed by atoms with E-state index in [-0.39, 0.29) is 33.7 Å². The number of anilines is 1. The lowest BCUT2D eigenvalue weighted by atomic mass is 9.98. The van der Waals surface area contributed by atoms with Crippen LogP contribution in [0.3, 0.4) is 0 Å². The Balaban J connectivity index is 0.00000353. The largest absolute Gasteiger partial charge is 0.494 e. The lowest BCUT2D eigenvalue weighted by Gasteiger charge is -2.22. The number of halogens is 4. The minimum Gasteiger partial charge on any atom is -0.494 e. The molecule has 7 nitrogen and oxygen atoms in total. The average Bonchev–Trinajstić information content (AvgIpc) is 3.74. The van der Waals surface area contributed by atoms with E-state index in [9.17, 15) is 12.8 Å². The predicted octanol–water partition coefficient (Wildman–Crippen LogP) is 7.98. The van der Waals surface area contributed by atoms with Gasteiger partial charge in [-0.3, -0.25) is 0 Å². The smallest absolute Gasteiger partial charge is 0.243 e. The van der Waals surface area contributed by atoms with E-state index in [4.69, 9.17) is 38.0 Å². The quantitative estimate of drug-likeness (QED) is 0.194. The fourth-order valence-electron chi connectivity index (χ4n) is 5.10. The Labute approximate surface area is 268 Å². The number of hydrazone groups is 1. The van der Waals surface area contributed by atoms with Gasteiger partial charge in [0.05, 0.1) is 29.5 Å². The minimum atomic E-state index is -3.50. The van der Waals surface area contributed by atoms with Crippen LogP contribution < -0.4 is 9.75 Å². The van der Waals surface area contributed by atoms with Crippen LogP contribution in [0.25, 0.3) is 11.3 Å². The monoisotopic (exact) mass is 710 g/mol. The number of hydrogen-bond donors (Lipinski definition) is 0. The van der Waals surface area contributed by atoms with Gasteiger partial charge in [0.25, 0.3) is 0 Å². The Morgan fingerprint density at radius 2 is 1.71 bits per heavy atom. The zero-order valence-corrected chi connectivity index (χ0v) is 27.2. The third-order valence-corrected chi connectivity index (χ3v) is 10.6. The first-order valence-corrected chi connectivity index (χ1v) is 16.0. The molecular weight excluding hydrogens is 686 g/mol. The summed E-state index contributed by atoms with van der Waals surface area (Å²) >= 11 is 14.2. The van der Waals surface area contributed by atoms with E-state index in [1.807, 2.05) is 11.4 Å². The second kappa shape index (κ2) is 12.6. The standard InChI is InChI=1S/C29H25Cl2FN4O3S2.BrH/c1-39-28-11-6-19(14-24(28)32)25-16-27(22-10-7-20(30)15-23(22)31)36(34-25)29-33-26(17-40-29)18-4-8-21(9-5-18)41(37,38)35-12-2-3-13-35;/h4-11,14-15,17,27H,2-3,12-13,16H2,1H3;1H. The van der Waals surface area contributed by atoms with Crippen LogP contribution in [0.5, 0.6) is 5.75 Å². The van der Waals surface area contributed by atoms with E-state index in [1.54, 1.807) is 53.5 Å². The molecule has 0 spiro atoms. The highest BCUT2D eigenvalue weighted by Gasteiger charge is 2.33. The zero-order chi connectivity index (χ0) is 28.7. The number of ether oxygens (including phenoxy) is 1. The van der Waals surface area contributed by atoms with Gasteiger partial charge in [-0.1, -0.05) is 41.4 Å². The van der Waals surface area contributed by atoms with E-state index in [1.165, 1.54) is 28.8 Å². The molecule has 1 aromatic heterocycles. The van der Waals surface area contributed by atoms with Crippen molar-refractivity contribution >= 4 is 72.4 Å². The van der Waals surface area contributed by atoms with Crippen molar-refractivity contribution in [1.29, 1.82) is 0 Å². The Hall–Kier alpha value is -2.54. The maximum Gasteiger partial charge on any atom is 0.243 e. The SMILES string of the molecule is Br.COc1ccc(C2=NN(c3nc(-c4ccc(S(=O)(=O)N5CCCC5)cc4)cs3)C(c3ccc(Cl)cc3Cl)C2)cc1F. The minimum absolute atomic E-state index is 0. The molecule has 4 aromatic rings. The molecule has 42 heavy (non-hydrogen) atoms. The second-order valence-electron chi connectivity index (χ2n) is 9.78. The summed E-state index contributed by atoms with van der Waals surface area (Å²) in [5.74, 6) is -0.315. The van der Waals surface area contributed by atoms with E-state index in [0.29, 0.717) is 51.7 Å². The van der Waals surface area contributed by atoms with Crippen LogP contribution in [0, 0.1) is 5.82 Å². The van der Waals surface area contributed by atoms with E-state index < -0.39 is 15.8 Å². The van der Waals surface area contributed by atoms with Crippen LogP contribution in [-0.4, -0.2) is 43.6 Å². The highest BCUT2D eigenvalue weighted by atomic mass is 79.9. The fraction of sp³-hybridized carbons (Fsp3) is 0.241. The first-order chi connectivity index (χ1) is 19.7. The molecule has 0 radical (unpaired) electrons. The summed E-state index contributed by atoms with van der Waals surface area (Å²) in [6.07, 6.45) is 2.23. The van der Waals surface area contributed by atoms with E-state index in [0.717, 1.165) is 24.0 Å². The molecule has 2 aliphatic rings. The zero-order valence-electron chi connectivity index (χ0n) is 22.3. The van der Waals surface area contributed by atoms with Gasteiger partial charge in [-0.25, -0.2) is 22.8 Å². The molecule has 0 N–H and O–H groups in total. The molecule has 0 aliphatic carbocycles. The van der Waals surface area contributed by atoms with Crippen molar-refractivity contribution in [2.75, 3.05) is 25.2 Å². The van der Waals surface area contributed by atoms with Crippen LogP contribution in [0.4, 0.5) is 9.52 Å². The lowest BCUT2D eigenvalue weighted by molar-refractivity contribution is 0.386. The number of nitrogens with zero attached hydrogens (tertiary/aromatic N) is 4. The molecule has 220 valence electrons. The summed E-state index contributed by atoms with van der Waals surface area (Å²) in [5.41, 5.74) is 3.60. The molecular formula is C29H26BrCl2FN4O3S2. The molecule has 1 atom stereocenters. The number of sulfonamides is 1. The Morgan fingerprint density at radius 3 is 2.38 bits per heavy atom. The molecule has 2 aliphatic heterocycles. The number of thiazole rings is 1. The normalized spacial score (nSPS) is 17.3. The Morgan fingerprint density at radius 1 is 1.00 bits per heavy atom. The van der Waals surface area contributed by atoms with Gasteiger partial charge in [0, 0.05) is 46.1 Å². The van der Waals surface area contributed by atoms with Crippen molar-refractivity contribution in [3.8, 4) is 17.0 Å². The number of benzene rings is 3. The maximum atomic E-state index is 14.6. The summed E-state index contributed by atoms with van der Waals surface area (Å²) in [5, 5.41) is 10.2. The fourth-order valence-corrected chi connectivity index (χ4v) is 7.98. The molecule has 0 saturated carbocycles. The topological polar surface area (TPSA) is 75.1 Å². The molecule has 1 fully saturated rings. The predicted molar refractivity (Wildman–Crippen MR) is 172 cm³/mol. The average molecular weight is 712 g/mol. The third kappa shape index (κ3) is 5.95. The molecule has 0 bridgehead atoms. The van der Waals surface area contributed by atoms with Crippen molar-refractivity contribution in [2.45, 2.75) is 30.2 Å². The number of rotatable bonds is 7. The van der Waals surface area contributed by atoms with Crippen LogP contribution in [-0.2, 0) is 10.0 Å². The summed E-state index contributed by atoms with van der Waals surface area (Å²) in [7, 11) is -2.08. The Bertz CT molecular complexity index is 1750. The Kier molecular flexibility index (Phi) is 9.27. The maximum absolute atomic E-state index is 14.6. The van der Waals surface area contributed by atoms with Crippen LogP contribution >= 0.6 is 51.5 Å². The first kappa shape index (κ1) is 30.9. The summed E-state index contributed by atoms with van der Waals surface area (Å²) in [6.45, 7) is 1.11. The van der Waals surface area contributed by atoms with Gasteiger partial charge in [-0.15, -0.1) is 28.3 Å². The number of hydrogen-bond acceptors (Lipinski definition) is 7. The van der Waals surface area contributed by atoms with Crippen molar-refractivity contribution < 1.29 is 17.5 Å². The van der Waals surface area contributed by atoms with Gasteiger partial charge in [-0.05, 0) is 60.9 Å². The van der Waals surface area contributed by atoms with Gasteiger partial charge >= 0.3 is 0 Å². The molecule has 3 heterocycles. The van der Waals surface area contributed by atoms with Gasteiger partial charge < -0.3 is 4.74 Å². The van der Waals surface area contributed by atoms with Crippen LogP contribution in [0.2, 0.25) is 10.0 Å². The molecule has 6 rings (SSSR count). The van der Waals surface area contributed by atoms with Crippen LogP contribution in [0.1, 0.15) is 36.4 Å². The first-order valence-electron chi connectivity index (χ1n) is 13.0. The molecule has 0 amide bonds. The van der Waals surface area contributed by atoms with E-state index in [2.05, 4.69) is 0 Å². The summed E-state index contributed by atoms with van der Waals surface area (Å²) in [6, 6.07) is 16.6. The lowest BCUT2D eigenvalue weighted by Crippen LogP contribution is -2.27. The van der Waals surface area contributed by atoms with Crippen molar-refractivity contribution in [3.05, 3.63) is 93.0 Å². The molecule has 1 saturated heterocycles. The van der Waals surface area contributed by atoms with Crippen molar-refractivity contribution in [3.63, 3.8) is 0 Å².